The third-order valence-electron chi connectivity index (χ3n) is 2.25. The van der Waals surface area contributed by atoms with Crippen molar-refractivity contribution in [3.8, 4) is 0 Å². The number of benzene rings is 1. The first-order valence-electron chi connectivity index (χ1n) is 4.44. The molecule has 0 unspecified atom stereocenters. The van der Waals surface area contributed by atoms with Gasteiger partial charge in [-0.15, -0.1) is 0 Å². The maximum atomic E-state index is 11.6. The van der Waals surface area contributed by atoms with Gasteiger partial charge in [0.25, 0.3) is 0 Å². The molecule has 1 aliphatic heterocycles. The van der Waals surface area contributed by atoms with Crippen LogP contribution < -0.4 is 4.90 Å². The summed E-state index contributed by atoms with van der Waals surface area (Å²) >= 11 is 5.68. The fourth-order valence-corrected chi connectivity index (χ4v) is 1.51. The summed E-state index contributed by atoms with van der Waals surface area (Å²) in [6.45, 7) is 0. The maximum Gasteiger partial charge on any atom is 0.338 e. The lowest BCUT2D eigenvalue weighted by Crippen LogP contribution is -2.31. The van der Waals surface area contributed by atoms with Gasteiger partial charge in [0.15, 0.2) is 0 Å². The predicted octanol–water partition coefficient (Wildman–Crippen LogP) is 1.26. The van der Waals surface area contributed by atoms with Crippen LogP contribution in [-0.4, -0.2) is 29.8 Å². The van der Waals surface area contributed by atoms with Gasteiger partial charge >= 0.3 is 17.8 Å². The van der Waals surface area contributed by atoms with Crippen LogP contribution in [0.2, 0.25) is 5.02 Å². The van der Waals surface area contributed by atoms with Crippen molar-refractivity contribution in [1.29, 1.82) is 0 Å². The molecule has 0 saturated carbocycles. The molecule has 4 amide bonds. The van der Waals surface area contributed by atoms with Crippen molar-refractivity contribution in [3.05, 3.63) is 29.3 Å². The highest BCUT2D eigenvalue weighted by atomic mass is 35.5. The number of likely N-dealkylation sites (N-methyl/N-ethyl adjacent to an activating group) is 1. The number of hydrogen-bond donors (Lipinski definition) is 0. The van der Waals surface area contributed by atoms with E-state index in [-0.39, 0.29) is 0 Å². The highest BCUT2D eigenvalue weighted by molar-refractivity contribution is 6.52. The molecule has 1 heterocycles. The van der Waals surface area contributed by atoms with Crippen LogP contribution in [0.5, 0.6) is 0 Å². The van der Waals surface area contributed by atoms with E-state index >= 15 is 0 Å². The first kappa shape index (κ1) is 10.6. The van der Waals surface area contributed by atoms with Gasteiger partial charge in [0, 0.05) is 12.1 Å². The Bertz CT molecular complexity index is 483. The number of hydrogen-bond acceptors (Lipinski definition) is 3. The molecule has 5 nitrogen and oxygen atoms in total. The molecule has 0 aliphatic carbocycles. The van der Waals surface area contributed by atoms with Crippen LogP contribution in [-0.2, 0) is 9.59 Å². The van der Waals surface area contributed by atoms with Gasteiger partial charge in [-0.25, -0.2) is 9.69 Å². The second-order valence-corrected chi connectivity index (χ2v) is 3.70. The molecular formula is C10H7ClN2O3. The molecule has 0 aromatic heterocycles. The number of urea groups is 1. The van der Waals surface area contributed by atoms with E-state index in [0.717, 1.165) is 9.80 Å². The second kappa shape index (κ2) is 3.61. The van der Waals surface area contributed by atoms with Gasteiger partial charge < -0.3 is 0 Å². The summed E-state index contributed by atoms with van der Waals surface area (Å²) in [5, 5.41) is 0.488. The van der Waals surface area contributed by atoms with Gasteiger partial charge in [-0.2, -0.15) is 0 Å². The number of imide groups is 2. The van der Waals surface area contributed by atoms with Crippen LogP contribution in [0.3, 0.4) is 0 Å². The Labute approximate surface area is 96.2 Å². The molecule has 16 heavy (non-hydrogen) atoms. The fraction of sp³-hybridized carbons (Fsp3) is 0.100. The van der Waals surface area contributed by atoms with E-state index in [2.05, 4.69) is 0 Å². The number of amides is 4. The molecular weight excluding hydrogens is 232 g/mol. The van der Waals surface area contributed by atoms with Crippen LogP contribution in [0.15, 0.2) is 24.3 Å². The van der Waals surface area contributed by atoms with Crippen molar-refractivity contribution in [2.75, 3.05) is 11.9 Å². The highest BCUT2D eigenvalue weighted by Crippen LogP contribution is 2.22. The zero-order valence-electron chi connectivity index (χ0n) is 8.31. The van der Waals surface area contributed by atoms with E-state index in [9.17, 15) is 14.4 Å². The number of halogens is 1. The van der Waals surface area contributed by atoms with E-state index in [4.69, 9.17) is 11.6 Å². The standard InChI is InChI=1S/C10H7ClN2O3/c1-12-8(14)9(15)13(10(12)16)7-4-2-6(11)3-5-7/h2-5H,1H3. The molecule has 1 saturated heterocycles. The molecule has 82 valence electrons. The molecule has 0 bridgehead atoms. The maximum absolute atomic E-state index is 11.6. The van der Waals surface area contributed by atoms with Crippen molar-refractivity contribution >= 4 is 35.1 Å². The Morgan fingerprint density at radius 2 is 1.56 bits per heavy atom. The average Bonchev–Trinajstić information content (AvgIpc) is 2.46. The lowest BCUT2D eigenvalue weighted by molar-refractivity contribution is -0.138. The molecule has 0 radical (unpaired) electrons. The Morgan fingerprint density at radius 3 is 2.00 bits per heavy atom. The lowest BCUT2D eigenvalue weighted by Gasteiger charge is -2.12. The minimum atomic E-state index is -0.852. The van der Waals surface area contributed by atoms with Gasteiger partial charge in [0.05, 0.1) is 5.69 Å². The minimum Gasteiger partial charge on any atom is -0.263 e. The smallest absolute Gasteiger partial charge is 0.263 e. The first-order chi connectivity index (χ1) is 7.52. The molecule has 1 aromatic carbocycles. The minimum absolute atomic E-state index is 0.331. The van der Waals surface area contributed by atoms with Crippen LogP contribution >= 0.6 is 11.6 Å². The molecule has 0 spiro atoms. The first-order valence-corrected chi connectivity index (χ1v) is 4.82. The third-order valence-corrected chi connectivity index (χ3v) is 2.51. The quantitative estimate of drug-likeness (QED) is 0.547. The SMILES string of the molecule is CN1C(=O)C(=O)N(c2ccc(Cl)cc2)C1=O. The molecule has 1 fully saturated rings. The monoisotopic (exact) mass is 238 g/mol. The van der Waals surface area contributed by atoms with Crippen molar-refractivity contribution in [2.24, 2.45) is 0 Å². The van der Waals surface area contributed by atoms with E-state index in [1.807, 2.05) is 0 Å². The van der Waals surface area contributed by atoms with Crippen LogP contribution in [0.4, 0.5) is 10.5 Å². The van der Waals surface area contributed by atoms with E-state index < -0.39 is 17.8 Å². The highest BCUT2D eigenvalue weighted by Gasteiger charge is 2.43. The topological polar surface area (TPSA) is 57.7 Å². The van der Waals surface area contributed by atoms with Gasteiger partial charge in [-0.1, -0.05) is 11.6 Å². The molecule has 1 aliphatic rings. The number of rotatable bonds is 1. The van der Waals surface area contributed by atoms with Gasteiger partial charge in [-0.05, 0) is 24.3 Å². The average molecular weight is 239 g/mol. The summed E-state index contributed by atoms with van der Waals surface area (Å²) in [4.78, 5) is 35.9. The molecule has 2 rings (SSSR count). The number of anilines is 1. The number of carbonyl (C=O) groups is 3. The zero-order valence-corrected chi connectivity index (χ0v) is 9.06. The summed E-state index contributed by atoms with van der Waals surface area (Å²) in [5.41, 5.74) is 0.331. The largest absolute Gasteiger partial charge is 0.338 e. The third kappa shape index (κ3) is 1.45. The Morgan fingerprint density at radius 1 is 1.00 bits per heavy atom. The summed E-state index contributed by atoms with van der Waals surface area (Å²) in [5.74, 6) is -1.69. The molecule has 6 heteroatoms. The number of nitrogens with zero attached hydrogens (tertiary/aromatic N) is 2. The van der Waals surface area contributed by atoms with Crippen molar-refractivity contribution < 1.29 is 14.4 Å². The van der Waals surface area contributed by atoms with E-state index in [1.165, 1.54) is 19.2 Å². The fourth-order valence-electron chi connectivity index (χ4n) is 1.38. The lowest BCUT2D eigenvalue weighted by atomic mass is 10.3. The molecule has 0 atom stereocenters. The van der Waals surface area contributed by atoms with Crippen LogP contribution in [0.25, 0.3) is 0 Å². The van der Waals surface area contributed by atoms with Crippen molar-refractivity contribution in [3.63, 3.8) is 0 Å². The molecule has 1 aromatic rings. The summed E-state index contributed by atoms with van der Waals surface area (Å²) in [6.07, 6.45) is 0. The Kier molecular flexibility index (Phi) is 2.40. The summed E-state index contributed by atoms with van der Waals surface area (Å²) in [7, 11) is 1.26. The van der Waals surface area contributed by atoms with Gasteiger partial charge in [-0.3, -0.25) is 14.5 Å². The number of carbonyl (C=O) groups excluding carboxylic acids is 3. The Hall–Kier alpha value is -1.88. The Balaban J connectivity index is 2.42. The summed E-state index contributed by atoms with van der Waals surface area (Å²) < 4.78 is 0. The normalized spacial score (nSPS) is 16.2. The van der Waals surface area contributed by atoms with Crippen molar-refractivity contribution in [2.45, 2.75) is 0 Å². The summed E-state index contributed by atoms with van der Waals surface area (Å²) in [6, 6.07) is 5.44. The van der Waals surface area contributed by atoms with E-state index in [1.54, 1.807) is 12.1 Å². The van der Waals surface area contributed by atoms with Gasteiger partial charge in [0.1, 0.15) is 0 Å². The predicted molar refractivity (Wildman–Crippen MR) is 57.1 cm³/mol. The van der Waals surface area contributed by atoms with Crippen LogP contribution in [0, 0.1) is 0 Å². The zero-order chi connectivity index (χ0) is 11.9. The second-order valence-electron chi connectivity index (χ2n) is 3.26. The van der Waals surface area contributed by atoms with E-state index in [0.29, 0.717) is 10.7 Å². The van der Waals surface area contributed by atoms with Crippen LogP contribution in [0.1, 0.15) is 0 Å². The molecule has 0 N–H and O–H groups in total. The van der Waals surface area contributed by atoms with Gasteiger partial charge in [0.2, 0.25) is 0 Å². The van der Waals surface area contributed by atoms with Crippen molar-refractivity contribution in [1.82, 2.24) is 4.90 Å².